The maximum Gasteiger partial charge on any atom is 0.162 e. The van der Waals surface area contributed by atoms with Gasteiger partial charge in [0.2, 0.25) is 0 Å². The van der Waals surface area contributed by atoms with Gasteiger partial charge in [0.1, 0.15) is 11.9 Å². The SMILES string of the molecule is CC.CC.CCC1C2N(C)c3cnc(-c4ccccc4C)nc3N2c2ccccc2C1(C)C. The van der Waals surface area contributed by atoms with Crippen LogP contribution in [0.1, 0.15) is 66.0 Å². The Morgan fingerprint density at radius 1 is 0.909 bits per heavy atom. The second-order valence-electron chi connectivity index (χ2n) is 8.87. The Kier molecular flexibility index (Phi) is 7.46. The summed E-state index contributed by atoms with van der Waals surface area (Å²) in [4.78, 5) is 14.7. The number of hydrogen-bond donors (Lipinski definition) is 0. The van der Waals surface area contributed by atoms with Crippen molar-refractivity contribution in [2.45, 2.75) is 73.4 Å². The van der Waals surface area contributed by atoms with Gasteiger partial charge in [-0.1, -0.05) is 90.9 Å². The van der Waals surface area contributed by atoms with Crippen molar-refractivity contribution in [1.29, 1.82) is 0 Å². The summed E-state index contributed by atoms with van der Waals surface area (Å²) in [6.07, 6.45) is 3.37. The molecule has 4 heteroatoms. The quantitative estimate of drug-likeness (QED) is 0.405. The first-order valence-corrected chi connectivity index (χ1v) is 12.5. The molecule has 0 N–H and O–H groups in total. The summed E-state index contributed by atoms with van der Waals surface area (Å²) >= 11 is 0. The Bertz CT molecular complexity index is 1090. The number of fused-ring (bicyclic) bond motifs is 5. The Balaban J connectivity index is 0.000000728. The van der Waals surface area contributed by atoms with E-state index in [2.05, 4.69) is 93.1 Å². The average molecular weight is 445 g/mol. The van der Waals surface area contributed by atoms with Crippen LogP contribution in [0.15, 0.2) is 54.7 Å². The van der Waals surface area contributed by atoms with Gasteiger partial charge in [0.05, 0.1) is 6.20 Å². The largest absolute Gasteiger partial charge is 0.349 e. The van der Waals surface area contributed by atoms with E-state index in [1.54, 1.807) is 0 Å². The van der Waals surface area contributed by atoms with E-state index in [1.165, 1.54) is 16.8 Å². The van der Waals surface area contributed by atoms with Crippen molar-refractivity contribution in [2.75, 3.05) is 16.8 Å². The lowest BCUT2D eigenvalue weighted by molar-refractivity contribution is 0.245. The number of rotatable bonds is 2. The summed E-state index contributed by atoms with van der Waals surface area (Å²) < 4.78 is 0. The van der Waals surface area contributed by atoms with Gasteiger partial charge >= 0.3 is 0 Å². The van der Waals surface area contributed by atoms with Gasteiger partial charge in [-0.15, -0.1) is 0 Å². The molecule has 2 atom stereocenters. The van der Waals surface area contributed by atoms with Crippen LogP contribution in [0.25, 0.3) is 11.4 Å². The summed E-state index contributed by atoms with van der Waals surface area (Å²) in [5.74, 6) is 2.30. The minimum absolute atomic E-state index is 0.0924. The van der Waals surface area contributed by atoms with Crippen molar-refractivity contribution in [2.24, 2.45) is 5.92 Å². The van der Waals surface area contributed by atoms with E-state index in [-0.39, 0.29) is 11.6 Å². The van der Waals surface area contributed by atoms with E-state index in [0.717, 1.165) is 29.3 Å². The predicted octanol–water partition coefficient (Wildman–Crippen LogP) is 7.74. The number of hydrogen-bond acceptors (Lipinski definition) is 4. The number of anilines is 3. The predicted molar refractivity (Wildman–Crippen MR) is 142 cm³/mol. The highest BCUT2D eigenvalue weighted by Gasteiger charge is 2.51. The highest BCUT2D eigenvalue weighted by Crippen LogP contribution is 2.55. The molecule has 2 aliphatic heterocycles. The number of aryl methyl sites for hydroxylation is 1. The highest BCUT2D eigenvalue weighted by molar-refractivity contribution is 5.84. The Morgan fingerprint density at radius 2 is 1.55 bits per heavy atom. The molecule has 0 aliphatic carbocycles. The summed E-state index contributed by atoms with van der Waals surface area (Å²) in [5.41, 5.74) is 6.17. The zero-order chi connectivity index (χ0) is 24.3. The molecule has 3 aromatic rings. The number of para-hydroxylation sites is 1. The normalized spacial score (nSPS) is 19.3. The fraction of sp³-hybridized carbons (Fsp3) is 0.448. The lowest BCUT2D eigenvalue weighted by atomic mass is 9.67. The van der Waals surface area contributed by atoms with E-state index in [9.17, 15) is 0 Å². The second kappa shape index (κ2) is 9.94. The van der Waals surface area contributed by atoms with Crippen LogP contribution in [0.2, 0.25) is 0 Å². The maximum absolute atomic E-state index is 5.11. The van der Waals surface area contributed by atoms with E-state index in [0.29, 0.717) is 5.92 Å². The van der Waals surface area contributed by atoms with E-state index in [4.69, 9.17) is 9.97 Å². The molecule has 4 nitrogen and oxygen atoms in total. The topological polar surface area (TPSA) is 32.3 Å². The molecular formula is C29H40N4. The van der Waals surface area contributed by atoms with Gasteiger partial charge in [-0.2, -0.15) is 0 Å². The molecule has 2 aliphatic rings. The molecule has 176 valence electrons. The van der Waals surface area contributed by atoms with Crippen LogP contribution in [0.5, 0.6) is 0 Å². The van der Waals surface area contributed by atoms with E-state index >= 15 is 0 Å². The Labute approximate surface area is 200 Å². The van der Waals surface area contributed by atoms with Gasteiger partial charge in [-0.3, -0.25) is 0 Å². The number of nitrogens with zero attached hydrogens (tertiary/aromatic N) is 4. The van der Waals surface area contributed by atoms with Gasteiger partial charge < -0.3 is 9.80 Å². The minimum Gasteiger partial charge on any atom is -0.349 e. The van der Waals surface area contributed by atoms with Crippen LogP contribution < -0.4 is 9.80 Å². The van der Waals surface area contributed by atoms with Gasteiger partial charge in [0, 0.05) is 24.2 Å². The summed E-state index contributed by atoms with van der Waals surface area (Å²) in [5, 5.41) is 0. The number of benzene rings is 2. The molecule has 1 aromatic heterocycles. The van der Waals surface area contributed by atoms with Crippen LogP contribution in [-0.4, -0.2) is 23.2 Å². The summed E-state index contributed by atoms with van der Waals surface area (Å²) in [6.45, 7) is 17.2. The third-order valence-electron chi connectivity index (χ3n) is 6.99. The zero-order valence-corrected chi connectivity index (χ0v) is 21.8. The van der Waals surface area contributed by atoms with Crippen molar-refractivity contribution in [3.8, 4) is 11.4 Å². The average Bonchev–Trinajstić information content (AvgIpc) is 3.14. The van der Waals surface area contributed by atoms with Gasteiger partial charge in [0.15, 0.2) is 11.6 Å². The first kappa shape index (κ1) is 24.8. The molecule has 2 aromatic carbocycles. The van der Waals surface area contributed by atoms with Crippen molar-refractivity contribution < 1.29 is 0 Å². The van der Waals surface area contributed by atoms with Crippen molar-refractivity contribution in [3.63, 3.8) is 0 Å². The lowest BCUT2D eigenvalue weighted by Gasteiger charge is -2.50. The molecule has 0 saturated carbocycles. The van der Waals surface area contributed by atoms with Crippen LogP contribution in [0.3, 0.4) is 0 Å². The van der Waals surface area contributed by atoms with E-state index in [1.807, 2.05) is 33.9 Å². The first-order chi connectivity index (χ1) is 15.9. The Morgan fingerprint density at radius 3 is 2.21 bits per heavy atom. The van der Waals surface area contributed by atoms with Crippen LogP contribution in [0.4, 0.5) is 17.2 Å². The molecule has 0 bridgehead atoms. The van der Waals surface area contributed by atoms with Crippen molar-refractivity contribution in [3.05, 3.63) is 65.9 Å². The maximum atomic E-state index is 5.11. The fourth-order valence-electron chi connectivity index (χ4n) is 5.42. The summed E-state index contributed by atoms with van der Waals surface area (Å²) in [6, 6.07) is 17.2. The standard InChI is InChI=1S/C25H28N4.2C2H6/c1-6-18-24-28(5)21-15-26-22(17-12-8-7-11-16(17)2)27-23(21)29(24)20-14-10-9-13-19(20)25(18,3)4;2*1-2/h7-15,18,24H,6H2,1-5H3;2*1-2H3. The highest BCUT2D eigenvalue weighted by atomic mass is 15.4. The molecule has 2 unspecified atom stereocenters. The molecular weight excluding hydrogens is 404 g/mol. The summed E-state index contributed by atoms with van der Waals surface area (Å²) in [7, 11) is 2.19. The third kappa shape index (κ3) is 3.90. The van der Waals surface area contributed by atoms with Crippen molar-refractivity contribution in [1.82, 2.24) is 9.97 Å². The first-order valence-electron chi connectivity index (χ1n) is 12.5. The molecule has 0 radical (unpaired) electrons. The second-order valence-corrected chi connectivity index (χ2v) is 8.87. The molecule has 0 spiro atoms. The van der Waals surface area contributed by atoms with Gasteiger partial charge in [0.25, 0.3) is 0 Å². The molecule has 3 heterocycles. The smallest absolute Gasteiger partial charge is 0.162 e. The monoisotopic (exact) mass is 444 g/mol. The number of aromatic nitrogens is 2. The van der Waals surface area contributed by atoms with Crippen molar-refractivity contribution >= 4 is 17.2 Å². The van der Waals surface area contributed by atoms with E-state index < -0.39 is 0 Å². The van der Waals surface area contributed by atoms with Gasteiger partial charge in [-0.05, 0) is 36.0 Å². The van der Waals surface area contributed by atoms with Crippen LogP contribution in [-0.2, 0) is 5.41 Å². The lowest BCUT2D eigenvalue weighted by Crippen LogP contribution is -2.54. The van der Waals surface area contributed by atoms with Crippen LogP contribution >= 0.6 is 0 Å². The molecule has 0 amide bonds. The molecule has 0 saturated heterocycles. The third-order valence-corrected chi connectivity index (χ3v) is 6.99. The van der Waals surface area contributed by atoms with Gasteiger partial charge in [-0.25, -0.2) is 9.97 Å². The minimum atomic E-state index is 0.0924. The van der Waals surface area contributed by atoms with Crippen LogP contribution in [0, 0.1) is 12.8 Å². The Hall–Kier alpha value is -2.88. The fourth-order valence-corrected chi connectivity index (χ4v) is 5.42. The molecule has 0 fully saturated rings. The molecule has 5 rings (SSSR count). The zero-order valence-electron chi connectivity index (χ0n) is 21.8. The molecule has 33 heavy (non-hydrogen) atoms.